The number of rotatable bonds is 8. The fourth-order valence-electron chi connectivity index (χ4n) is 2.47. The number of carbonyl (C=O) groups is 2. The fourth-order valence-corrected chi connectivity index (χ4v) is 3.55. The van der Waals surface area contributed by atoms with E-state index in [1.807, 2.05) is 12.1 Å². The van der Waals surface area contributed by atoms with Crippen LogP contribution in [0.25, 0.3) is 0 Å². The predicted molar refractivity (Wildman–Crippen MR) is 104 cm³/mol. The lowest BCUT2D eigenvalue weighted by Gasteiger charge is -2.17. The molecule has 1 amide bonds. The van der Waals surface area contributed by atoms with Crippen LogP contribution < -0.4 is 4.74 Å². The number of nitrogens with zero attached hydrogens (tertiary/aromatic N) is 1. The SMILES string of the molecule is CCS(=O)(=O)c1ccccc1C(=O)OCC(=O)N(C)Cc1ccc(OC)cc1. The molecule has 0 radical (unpaired) electrons. The van der Waals surface area contributed by atoms with Crippen molar-refractivity contribution in [1.29, 1.82) is 0 Å². The molecule has 28 heavy (non-hydrogen) atoms. The quantitative estimate of drug-likeness (QED) is 0.626. The molecule has 0 unspecified atom stereocenters. The third-order valence-corrected chi connectivity index (χ3v) is 5.94. The van der Waals surface area contributed by atoms with E-state index in [1.165, 1.54) is 30.0 Å². The van der Waals surface area contributed by atoms with Crippen LogP contribution in [-0.2, 0) is 25.9 Å². The van der Waals surface area contributed by atoms with E-state index in [0.29, 0.717) is 12.3 Å². The van der Waals surface area contributed by atoms with Crippen molar-refractivity contribution in [3.63, 3.8) is 0 Å². The maximum Gasteiger partial charge on any atom is 0.339 e. The Kier molecular flexibility index (Phi) is 7.17. The standard InChI is InChI=1S/C20H23NO6S/c1-4-28(24,25)18-8-6-5-7-17(18)20(23)27-14-19(22)21(2)13-15-9-11-16(26-3)12-10-15/h5-12H,4,13-14H2,1-3H3. The molecule has 0 aliphatic carbocycles. The van der Waals surface area contributed by atoms with E-state index in [-0.39, 0.29) is 16.2 Å². The molecular weight excluding hydrogens is 382 g/mol. The zero-order valence-corrected chi connectivity index (χ0v) is 16.9. The van der Waals surface area contributed by atoms with E-state index >= 15 is 0 Å². The highest BCUT2D eigenvalue weighted by molar-refractivity contribution is 7.91. The second kappa shape index (κ2) is 9.36. The van der Waals surface area contributed by atoms with Gasteiger partial charge in [-0.3, -0.25) is 4.79 Å². The number of esters is 1. The summed E-state index contributed by atoms with van der Waals surface area (Å²) in [6.45, 7) is 1.35. The molecule has 0 bridgehead atoms. The van der Waals surface area contributed by atoms with Crippen molar-refractivity contribution in [3.05, 3.63) is 59.7 Å². The van der Waals surface area contributed by atoms with Gasteiger partial charge in [-0.25, -0.2) is 13.2 Å². The third kappa shape index (κ3) is 5.32. The molecule has 0 aliphatic rings. The Balaban J connectivity index is 1.99. The summed E-state index contributed by atoms with van der Waals surface area (Å²) in [4.78, 5) is 25.9. The third-order valence-electron chi connectivity index (χ3n) is 4.15. The molecule has 0 aromatic heterocycles. The molecule has 0 spiro atoms. The zero-order chi connectivity index (χ0) is 20.7. The lowest BCUT2D eigenvalue weighted by Crippen LogP contribution is -2.31. The van der Waals surface area contributed by atoms with Crippen LogP contribution in [0.15, 0.2) is 53.4 Å². The van der Waals surface area contributed by atoms with Crippen molar-refractivity contribution in [2.24, 2.45) is 0 Å². The van der Waals surface area contributed by atoms with Crippen LogP contribution in [0, 0.1) is 0 Å². The molecule has 8 heteroatoms. The van der Waals surface area contributed by atoms with Crippen LogP contribution in [0.5, 0.6) is 5.75 Å². The Morgan fingerprint density at radius 1 is 1.04 bits per heavy atom. The molecule has 0 fully saturated rings. The highest BCUT2D eigenvalue weighted by Gasteiger charge is 2.22. The minimum atomic E-state index is -3.58. The first-order valence-corrected chi connectivity index (χ1v) is 10.3. The molecule has 0 aliphatic heterocycles. The first-order valence-electron chi connectivity index (χ1n) is 8.64. The molecule has 2 aromatic rings. The number of likely N-dealkylation sites (N-methyl/N-ethyl adjacent to an activating group) is 1. The van der Waals surface area contributed by atoms with E-state index in [1.54, 1.807) is 32.4 Å². The average molecular weight is 405 g/mol. The van der Waals surface area contributed by atoms with Crippen LogP contribution in [0.3, 0.4) is 0 Å². The topological polar surface area (TPSA) is 90.0 Å². The summed E-state index contributed by atoms with van der Waals surface area (Å²) in [5, 5.41) is 0. The lowest BCUT2D eigenvalue weighted by molar-refractivity contribution is -0.133. The minimum absolute atomic E-state index is 0.0741. The number of hydrogen-bond donors (Lipinski definition) is 0. The Morgan fingerprint density at radius 3 is 2.29 bits per heavy atom. The first-order chi connectivity index (χ1) is 13.3. The van der Waals surface area contributed by atoms with Gasteiger partial charge in [-0.2, -0.15) is 0 Å². The van der Waals surface area contributed by atoms with Gasteiger partial charge >= 0.3 is 5.97 Å². The monoisotopic (exact) mass is 405 g/mol. The van der Waals surface area contributed by atoms with Crippen molar-refractivity contribution in [3.8, 4) is 5.75 Å². The first kappa shape index (κ1) is 21.4. The Labute approximate surface area is 164 Å². The summed E-state index contributed by atoms with van der Waals surface area (Å²) in [6.07, 6.45) is 0. The number of methoxy groups -OCH3 is 1. The van der Waals surface area contributed by atoms with Crippen molar-refractivity contribution < 1.29 is 27.5 Å². The van der Waals surface area contributed by atoms with Crippen molar-refractivity contribution in [1.82, 2.24) is 4.90 Å². The van der Waals surface area contributed by atoms with E-state index in [0.717, 1.165) is 5.56 Å². The maximum atomic E-state index is 12.3. The number of amides is 1. The molecule has 7 nitrogen and oxygen atoms in total. The molecule has 0 N–H and O–H groups in total. The van der Waals surface area contributed by atoms with Gasteiger partial charge in [-0.15, -0.1) is 0 Å². The molecule has 0 saturated heterocycles. The van der Waals surface area contributed by atoms with Gasteiger partial charge in [0, 0.05) is 13.6 Å². The summed E-state index contributed by atoms with van der Waals surface area (Å²) in [5.41, 5.74) is 0.817. The van der Waals surface area contributed by atoms with Gasteiger partial charge in [0.15, 0.2) is 16.4 Å². The van der Waals surface area contributed by atoms with Crippen LogP contribution >= 0.6 is 0 Å². The number of benzene rings is 2. The highest BCUT2D eigenvalue weighted by atomic mass is 32.2. The summed E-state index contributed by atoms with van der Waals surface area (Å²) in [6, 6.07) is 13.1. The van der Waals surface area contributed by atoms with E-state index < -0.39 is 28.3 Å². The van der Waals surface area contributed by atoms with Gasteiger partial charge < -0.3 is 14.4 Å². The second-order valence-corrected chi connectivity index (χ2v) is 8.32. The Hall–Kier alpha value is -2.87. The normalized spacial score (nSPS) is 11.0. The number of ether oxygens (including phenoxy) is 2. The summed E-state index contributed by atoms with van der Waals surface area (Å²) in [5.74, 6) is -0.674. The zero-order valence-electron chi connectivity index (χ0n) is 16.0. The number of carbonyl (C=O) groups excluding carboxylic acids is 2. The van der Waals surface area contributed by atoms with Crippen molar-refractivity contribution >= 4 is 21.7 Å². The van der Waals surface area contributed by atoms with Crippen LogP contribution in [-0.4, -0.2) is 51.7 Å². The maximum absolute atomic E-state index is 12.3. The van der Waals surface area contributed by atoms with Gasteiger partial charge in [0.05, 0.1) is 23.3 Å². The molecule has 2 rings (SSSR count). The highest BCUT2D eigenvalue weighted by Crippen LogP contribution is 2.18. The molecule has 150 valence electrons. The van der Waals surface area contributed by atoms with Gasteiger partial charge in [0.25, 0.3) is 5.91 Å². The smallest absolute Gasteiger partial charge is 0.339 e. The number of hydrogen-bond acceptors (Lipinski definition) is 6. The summed E-state index contributed by atoms with van der Waals surface area (Å²) < 4.78 is 34.4. The Morgan fingerprint density at radius 2 is 1.68 bits per heavy atom. The summed E-state index contributed by atoms with van der Waals surface area (Å²) in [7, 11) is -0.416. The number of sulfone groups is 1. The van der Waals surface area contributed by atoms with E-state index in [9.17, 15) is 18.0 Å². The molecular formula is C20H23NO6S. The molecule has 0 heterocycles. The predicted octanol–water partition coefficient (Wildman–Crippen LogP) is 2.30. The van der Waals surface area contributed by atoms with Crippen molar-refractivity contribution in [2.45, 2.75) is 18.4 Å². The Bertz CT molecular complexity index is 937. The van der Waals surface area contributed by atoms with Crippen LogP contribution in [0.4, 0.5) is 0 Å². The van der Waals surface area contributed by atoms with Gasteiger partial charge in [0.2, 0.25) is 0 Å². The van der Waals surface area contributed by atoms with Crippen LogP contribution in [0.1, 0.15) is 22.8 Å². The van der Waals surface area contributed by atoms with Gasteiger partial charge in [0.1, 0.15) is 5.75 Å². The molecule has 2 aromatic carbocycles. The van der Waals surface area contributed by atoms with Gasteiger partial charge in [-0.1, -0.05) is 31.2 Å². The van der Waals surface area contributed by atoms with Crippen LogP contribution in [0.2, 0.25) is 0 Å². The van der Waals surface area contributed by atoms with E-state index in [4.69, 9.17) is 9.47 Å². The second-order valence-electron chi connectivity index (χ2n) is 6.07. The largest absolute Gasteiger partial charge is 0.497 e. The fraction of sp³-hybridized carbons (Fsp3) is 0.300. The van der Waals surface area contributed by atoms with Gasteiger partial charge in [-0.05, 0) is 29.8 Å². The van der Waals surface area contributed by atoms with E-state index in [2.05, 4.69) is 0 Å². The summed E-state index contributed by atoms with van der Waals surface area (Å²) >= 11 is 0. The minimum Gasteiger partial charge on any atom is -0.497 e. The molecule has 0 saturated carbocycles. The van der Waals surface area contributed by atoms with Crippen molar-refractivity contribution in [2.75, 3.05) is 26.5 Å². The lowest BCUT2D eigenvalue weighted by atomic mass is 10.2. The molecule has 0 atom stereocenters. The average Bonchev–Trinajstić information content (AvgIpc) is 2.72.